The number of halogens is 1. The van der Waals surface area contributed by atoms with Gasteiger partial charge in [-0.2, -0.15) is 0 Å². The molecule has 0 aromatic heterocycles. The lowest BCUT2D eigenvalue weighted by atomic mass is 9.84. The van der Waals surface area contributed by atoms with Crippen molar-refractivity contribution in [3.63, 3.8) is 0 Å². The molecule has 0 saturated carbocycles. The lowest BCUT2D eigenvalue weighted by Gasteiger charge is -2.27. The van der Waals surface area contributed by atoms with Gasteiger partial charge < -0.3 is 26.0 Å². The fourth-order valence-electron chi connectivity index (χ4n) is 4.55. The zero-order chi connectivity index (χ0) is 30.0. The van der Waals surface area contributed by atoms with Gasteiger partial charge in [0.25, 0.3) is 5.91 Å². The molecule has 1 heterocycles. The molecule has 3 rings (SSSR count). The first-order chi connectivity index (χ1) is 19.5. The van der Waals surface area contributed by atoms with Crippen LogP contribution in [0.3, 0.4) is 0 Å². The largest absolute Gasteiger partial charge is 0.493 e. The topological polar surface area (TPSA) is 126 Å². The zero-order valence-corrected chi connectivity index (χ0v) is 24.2. The van der Waals surface area contributed by atoms with Crippen molar-refractivity contribution >= 4 is 23.6 Å². The quantitative estimate of drug-likeness (QED) is 0.426. The molecule has 2 atom stereocenters. The van der Waals surface area contributed by atoms with Crippen molar-refractivity contribution in [2.24, 2.45) is 5.92 Å². The van der Waals surface area contributed by atoms with E-state index in [4.69, 9.17) is 4.74 Å². The number of hydrogen-bond acceptors (Lipinski definition) is 5. The molecule has 222 valence electrons. The van der Waals surface area contributed by atoms with Crippen LogP contribution in [-0.2, 0) is 19.8 Å². The first kappa shape index (κ1) is 31.6. The Kier molecular flexibility index (Phi) is 11.3. The zero-order valence-electron chi connectivity index (χ0n) is 24.2. The molecule has 10 heteroatoms. The van der Waals surface area contributed by atoms with Crippen molar-refractivity contribution in [1.29, 1.82) is 0 Å². The highest BCUT2D eigenvalue weighted by Crippen LogP contribution is 2.23. The minimum Gasteiger partial charge on any atom is -0.493 e. The number of carbonyl (C=O) groups excluding carboxylic acids is 4. The van der Waals surface area contributed by atoms with Gasteiger partial charge in [-0.3, -0.25) is 19.2 Å². The lowest BCUT2D eigenvalue weighted by molar-refractivity contribution is -0.129. The summed E-state index contributed by atoms with van der Waals surface area (Å²) in [6.45, 7) is 8.59. The number of carbonyl (C=O) groups is 4. The van der Waals surface area contributed by atoms with E-state index >= 15 is 0 Å². The summed E-state index contributed by atoms with van der Waals surface area (Å²) < 4.78 is 19.3. The number of benzene rings is 2. The Morgan fingerprint density at radius 1 is 1.07 bits per heavy atom. The molecule has 1 aliphatic rings. The van der Waals surface area contributed by atoms with Crippen LogP contribution in [0.2, 0.25) is 0 Å². The van der Waals surface area contributed by atoms with Gasteiger partial charge in [0, 0.05) is 24.9 Å². The normalized spacial score (nSPS) is 19.3. The molecule has 0 spiro atoms. The van der Waals surface area contributed by atoms with E-state index in [1.807, 2.05) is 27.7 Å². The van der Waals surface area contributed by atoms with E-state index < -0.39 is 29.3 Å². The Hall–Kier alpha value is -3.95. The van der Waals surface area contributed by atoms with E-state index in [1.165, 1.54) is 12.1 Å². The number of hydrogen-bond donors (Lipinski definition) is 4. The van der Waals surface area contributed by atoms with Crippen molar-refractivity contribution in [3.05, 3.63) is 65.5 Å². The molecule has 0 unspecified atom stereocenters. The Morgan fingerprint density at radius 2 is 1.78 bits per heavy atom. The fourth-order valence-corrected chi connectivity index (χ4v) is 4.55. The fraction of sp³-hybridized carbons (Fsp3) is 0.484. The second kappa shape index (κ2) is 14.6. The minimum absolute atomic E-state index is 0.0133. The molecule has 1 aliphatic heterocycles. The average molecular weight is 569 g/mol. The highest BCUT2D eigenvalue weighted by Gasteiger charge is 2.28. The van der Waals surface area contributed by atoms with Crippen LogP contribution in [0.5, 0.6) is 5.75 Å². The van der Waals surface area contributed by atoms with E-state index in [0.29, 0.717) is 25.1 Å². The van der Waals surface area contributed by atoms with Gasteiger partial charge in [0.05, 0.1) is 12.2 Å². The molecule has 0 radical (unpaired) electrons. The van der Waals surface area contributed by atoms with Crippen LogP contribution in [0.25, 0.3) is 0 Å². The molecule has 0 saturated heterocycles. The number of ether oxygens (including phenoxy) is 1. The second-order valence-corrected chi connectivity index (χ2v) is 11.4. The average Bonchev–Trinajstić information content (AvgIpc) is 2.93. The number of fused-ring (bicyclic) bond motifs is 1. The summed E-state index contributed by atoms with van der Waals surface area (Å²) in [4.78, 5) is 52.4. The highest BCUT2D eigenvalue weighted by molar-refractivity contribution is 5.99. The van der Waals surface area contributed by atoms with Crippen LogP contribution in [-0.4, -0.2) is 55.4 Å². The number of amides is 4. The molecule has 2 aromatic rings. The number of nitrogens with one attached hydrogen (secondary N) is 4. The third-order valence-electron chi connectivity index (χ3n) is 6.98. The van der Waals surface area contributed by atoms with Crippen LogP contribution >= 0.6 is 0 Å². The maximum atomic E-state index is 13.4. The van der Waals surface area contributed by atoms with E-state index in [2.05, 4.69) is 21.3 Å². The van der Waals surface area contributed by atoms with Crippen LogP contribution in [0, 0.1) is 11.7 Å². The predicted molar refractivity (Wildman–Crippen MR) is 154 cm³/mol. The summed E-state index contributed by atoms with van der Waals surface area (Å²) in [6.07, 6.45) is 0.888. The van der Waals surface area contributed by atoms with Gasteiger partial charge in [-0.25, -0.2) is 4.39 Å². The lowest BCUT2D eigenvalue weighted by Crippen LogP contribution is -2.51. The van der Waals surface area contributed by atoms with Crippen molar-refractivity contribution in [2.45, 2.75) is 70.9 Å². The molecule has 0 aliphatic carbocycles. The molecule has 0 fully saturated rings. The second-order valence-electron chi connectivity index (χ2n) is 11.4. The first-order valence-corrected chi connectivity index (χ1v) is 14.1. The van der Waals surface area contributed by atoms with Crippen molar-refractivity contribution in [3.8, 4) is 5.75 Å². The van der Waals surface area contributed by atoms with Gasteiger partial charge in [0.15, 0.2) is 0 Å². The maximum absolute atomic E-state index is 13.4. The summed E-state index contributed by atoms with van der Waals surface area (Å²) in [6, 6.07) is 11.0. The van der Waals surface area contributed by atoms with Crippen molar-refractivity contribution < 1.29 is 28.3 Å². The van der Waals surface area contributed by atoms with Gasteiger partial charge in [-0.15, -0.1) is 0 Å². The summed E-state index contributed by atoms with van der Waals surface area (Å²) in [5.74, 6) is -1.45. The van der Waals surface area contributed by atoms with Crippen LogP contribution < -0.4 is 26.0 Å². The molecule has 4 N–H and O–H groups in total. The smallest absolute Gasteiger partial charge is 0.255 e. The molecule has 2 aromatic carbocycles. The third kappa shape index (κ3) is 9.58. The minimum atomic E-state index is -1.03. The standard InChI is InChI=1S/C31H41FN4O5/c1-20(2)18-25-30(40)33-16-7-17-41-26-9-6-5-8-23(26)28(38)36-24(14-15-27(37)35-25)29(39)34-19-31(3,4)21-10-12-22(32)13-11-21/h5-6,8-13,20,24-25H,7,14-19H2,1-4H3,(H,33,40)(H,34,39)(H,35,37)(H,36,38)/t24-,25-/m0/s1. The molecule has 41 heavy (non-hydrogen) atoms. The van der Waals surface area contributed by atoms with Gasteiger partial charge in [-0.05, 0) is 55.0 Å². The summed E-state index contributed by atoms with van der Waals surface area (Å²) >= 11 is 0. The molecule has 4 amide bonds. The number of rotatable bonds is 6. The van der Waals surface area contributed by atoms with E-state index in [9.17, 15) is 23.6 Å². The molecular formula is C31H41FN4O5. The van der Waals surface area contributed by atoms with Gasteiger partial charge >= 0.3 is 0 Å². The van der Waals surface area contributed by atoms with Crippen LogP contribution in [0.1, 0.15) is 69.3 Å². The van der Waals surface area contributed by atoms with Gasteiger partial charge in [-0.1, -0.05) is 52.0 Å². The monoisotopic (exact) mass is 568 g/mol. The van der Waals surface area contributed by atoms with Crippen LogP contribution in [0.4, 0.5) is 4.39 Å². The first-order valence-electron chi connectivity index (χ1n) is 14.1. The molecule has 0 bridgehead atoms. The Labute approximate surface area is 241 Å². The summed E-state index contributed by atoms with van der Waals surface area (Å²) in [5.41, 5.74) is 0.566. The van der Waals surface area contributed by atoms with Crippen LogP contribution in [0.15, 0.2) is 48.5 Å². The predicted octanol–water partition coefficient (Wildman–Crippen LogP) is 3.23. The molecular weight excluding hydrogens is 527 g/mol. The number of para-hydroxylation sites is 1. The summed E-state index contributed by atoms with van der Waals surface area (Å²) in [7, 11) is 0. The van der Waals surface area contributed by atoms with E-state index in [-0.39, 0.29) is 55.1 Å². The third-order valence-corrected chi connectivity index (χ3v) is 6.98. The Bertz CT molecular complexity index is 1220. The SMILES string of the molecule is CC(C)C[C@@H]1NC(=O)CC[C@@H](C(=O)NCC(C)(C)c2ccc(F)cc2)NC(=O)c2ccccc2OCCCNC1=O. The van der Waals surface area contributed by atoms with Crippen molar-refractivity contribution in [1.82, 2.24) is 21.3 Å². The van der Waals surface area contributed by atoms with Crippen molar-refractivity contribution in [2.75, 3.05) is 19.7 Å². The van der Waals surface area contributed by atoms with E-state index in [1.54, 1.807) is 36.4 Å². The van der Waals surface area contributed by atoms with Gasteiger partial charge in [0.1, 0.15) is 23.7 Å². The Balaban J connectivity index is 1.81. The Morgan fingerprint density at radius 3 is 2.49 bits per heavy atom. The summed E-state index contributed by atoms with van der Waals surface area (Å²) in [5, 5.41) is 11.3. The van der Waals surface area contributed by atoms with Gasteiger partial charge in [0.2, 0.25) is 17.7 Å². The highest BCUT2D eigenvalue weighted by atomic mass is 19.1. The van der Waals surface area contributed by atoms with E-state index in [0.717, 1.165) is 5.56 Å². The maximum Gasteiger partial charge on any atom is 0.255 e. The molecule has 9 nitrogen and oxygen atoms in total.